The third-order valence-corrected chi connectivity index (χ3v) is 7.29. The van der Waals surface area contributed by atoms with Gasteiger partial charge in [0.2, 0.25) is 5.91 Å². The molecule has 31 heavy (non-hydrogen) atoms. The van der Waals surface area contributed by atoms with E-state index in [-0.39, 0.29) is 17.9 Å². The molecule has 160 valence electrons. The highest BCUT2D eigenvalue weighted by Crippen LogP contribution is 2.35. The van der Waals surface area contributed by atoms with Gasteiger partial charge in [-0.1, -0.05) is 36.6 Å². The highest BCUT2D eigenvalue weighted by Gasteiger charge is 2.49. The molecule has 0 saturated heterocycles. The molecule has 0 unspecified atom stereocenters. The number of aryl methyl sites for hydroxylation is 1. The van der Waals surface area contributed by atoms with Gasteiger partial charge >= 0.3 is 0 Å². The molecular formula is C24H26N4O2S. The molecule has 2 aromatic heterocycles. The van der Waals surface area contributed by atoms with Gasteiger partial charge in [-0.15, -0.1) is 11.3 Å². The van der Waals surface area contributed by atoms with Crippen LogP contribution < -0.4 is 10.2 Å². The van der Waals surface area contributed by atoms with Crippen molar-refractivity contribution in [1.82, 2.24) is 15.1 Å². The molecule has 1 aliphatic carbocycles. The van der Waals surface area contributed by atoms with Crippen molar-refractivity contribution in [2.75, 3.05) is 4.90 Å². The molecule has 2 amide bonds. The van der Waals surface area contributed by atoms with Gasteiger partial charge in [-0.2, -0.15) is 5.10 Å². The fourth-order valence-electron chi connectivity index (χ4n) is 4.64. The first-order valence-corrected chi connectivity index (χ1v) is 11.7. The lowest BCUT2D eigenvalue weighted by molar-refractivity contribution is -0.127. The monoisotopic (exact) mass is 434 g/mol. The van der Waals surface area contributed by atoms with Crippen molar-refractivity contribution in [1.29, 1.82) is 0 Å². The van der Waals surface area contributed by atoms with Crippen molar-refractivity contribution in [3.05, 3.63) is 59.1 Å². The SMILES string of the molecule is Cc1ccc(N2C(=O)c3cc(-c4cccs4)nn3C[C@]2(C)C(=O)NC2CCCC2)cc1. The van der Waals surface area contributed by atoms with Gasteiger partial charge in [-0.25, -0.2) is 0 Å². The minimum absolute atomic E-state index is 0.118. The number of benzene rings is 1. The zero-order valence-corrected chi connectivity index (χ0v) is 18.6. The Labute approximate surface area is 185 Å². The molecule has 1 aliphatic heterocycles. The van der Waals surface area contributed by atoms with Gasteiger partial charge in [0.15, 0.2) is 0 Å². The summed E-state index contributed by atoms with van der Waals surface area (Å²) in [5.74, 6) is -0.318. The van der Waals surface area contributed by atoms with E-state index in [0.29, 0.717) is 12.2 Å². The number of carbonyl (C=O) groups is 2. The normalized spacial score (nSPS) is 21.4. The zero-order valence-electron chi connectivity index (χ0n) is 17.8. The number of anilines is 1. The lowest BCUT2D eigenvalue weighted by Gasteiger charge is -2.43. The average molecular weight is 435 g/mol. The van der Waals surface area contributed by atoms with E-state index in [2.05, 4.69) is 5.32 Å². The predicted octanol–water partition coefficient (Wildman–Crippen LogP) is 4.40. The van der Waals surface area contributed by atoms with Crippen LogP contribution >= 0.6 is 11.3 Å². The van der Waals surface area contributed by atoms with Crippen molar-refractivity contribution in [2.24, 2.45) is 0 Å². The number of nitrogens with one attached hydrogen (secondary N) is 1. The number of fused-ring (bicyclic) bond motifs is 1. The number of thiophene rings is 1. The van der Waals surface area contributed by atoms with Crippen LogP contribution in [0.1, 0.15) is 48.7 Å². The smallest absolute Gasteiger partial charge is 0.277 e. The van der Waals surface area contributed by atoms with Crippen LogP contribution in [0.4, 0.5) is 5.69 Å². The molecule has 2 aliphatic rings. The molecule has 1 saturated carbocycles. The zero-order chi connectivity index (χ0) is 21.6. The van der Waals surface area contributed by atoms with Crippen LogP contribution in [0.25, 0.3) is 10.6 Å². The van der Waals surface area contributed by atoms with Crippen LogP contribution in [0.15, 0.2) is 47.8 Å². The highest BCUT2D eigenvalue weighted by atomic mass is 32.1. The van der Waals surface area contributed by atoms with Gasteiger partial charge in [-0.3, -0.25) is 19.2 Å². The van der Waals surface area contributed by atoms with E-state index in [9.17, 15) is 9.59 Å². The van der Waals surface area contributed by atoms with Crippen molar-refractivity contribution in [3.8, 4) is 10.6 Å². The second-order valence-electron chi connectivity index (χ2n) is 8.75. The molecule has 3 aromatic rings. The summed E-state index contributed by atoms with van der Waals surface area (Å²) in [7, 11) is 0. The average Bonchev–Trinajstić information content (AvgIpc) is 3.50. The predicted molar refractivity (Wildman–Crippen MR) is 122 cm³/mol. The Kier molecular flexibility index (Phi) is 4.93. The number of carbonyl (C=O) groups excluding carboxylic acids is 2. The molecule has 3 heterocycles. The van der Waals surface area contributed by atoms with E-state index in [1.807, 2.05) is 61.7 Å². The van der Waals surface area contributed by atoms with Crippen molar-refractivity contribution >= 4 is 28.8 Å². The van der Waals surface area contributed by atoms with Gasteiger partial charge in [0.25, 0.3) is 5.91 Å². The summed E-state index contributed by atoms with van der Waals surface area (Å²) in [6.07, 6.45) is 4.26. The largest absolute Gasteiger partial charge is 0.351 e. The van der Waals surface area contributed by atoms with Crippen molar-refractivity contribution in [2.45, 2.75) is 57.7 Å². The van der Waals surface area contributed by atoms with E-state index in [0.717, 1.165) is 47.5 Å². The van der Waals surface area contributed by atoms with Crippen molar-refractivity contribution in [3.63, 3.8) is 0 Å². The summed E-state index contributed by atoms with van der Waals surface area (Å²) < 4.78 is 1.70. The summed E-state index contributed by atoms with van der Waals surface area (Å²) in [6, 6.07) is 13.8. The van der Waals surface area contributed by atoms with Gasteiger partial charge in [0, 0.05) is 11.7 Å². The Hall–Kier alpha value is -2.93. The number of aromatic nitrogens is 2. The molecule has 1 fully saturated rings. The molecule has 7 heteroatoms. The topological polar surface area (TPSA) is 67.2 Å². The summed E-state index contributed by atoms with van der Waals surface area (Å²) >= 11 is 1.59. The molecule has 0 bridgehead atoms. The lowest BCUT2D eigenvalue weighted by Crippen LogP contribution is -2.65. The maximum Gasteiger partial charge on any atom is 0.277 e. The fourth-order valence-corrected chi connectivity index (χ4v) is 5.32. The Morgan fingerprint density at radius 2 is 1.94 bits per heavy atom. The third kappa shape index (κ3) is 3.47. The Bertz CT molecular complexity index is 1110. The van der Waals surface area contributed by atoms with E-state index in [1.54, 1.807) is 20.9 Å². The second kappa shape index (κ2) is 7.64. The maximum absolute atomic E-state index is 13.7. The molecule has 0 radical (unpaired) electrons. The van der Waals surface area contributed by atoms with Crippen molar-refractivity contribution < 1.29 is 9.59 Å². The molecule has 1 N–H and O–H groups in total. The molecular weight excluding hydrogens is 408 g/mol. The molecule has 1 aromatic carbocycles. The first kappa shape index (κ1) is 20.0. The first-order chi connectivity index (χ1) is 15.0. The van der Waals surface area contributed by atoms with E-state index >= 15 is 0 Å². The van der Waals surface area contributed by atoms with Gasteiger partial charge in [0.1, 0.15) is 16.9 Å². The van der Waals surface area contributed by atoms with Crippen LogP contribution in [0, 0.1) is 6.92 Å². The minimum atomic E-state index is -1.07. The number of nitrogens with zero attached hydrogens (tertiary/aromatic N) is 3. The van der Waals surface area contributed by atoms with Crippen LogP contribution in [-0.2, 0) is 11.3 Å². The number of rotatable bonds is 4. The standard InChI is InChI=1S/C24H26N4O2S/c1-16-9-11-18(12-10-16)28-22(29)20-14-19(21-8-5-13-31-21)26-27(20)15-24(28,2)23(30)25-17-6-3-4-7-17/h5,8-14,17H,3-4,6-7,15H2,1-2H3,(H,25,30)/t24-/m1/s1. The fraction of sp³-hybridized carbons (Fsp3) is 0.375. The number of hydrogen-bond acceptors (Lipinski definition) is 4. The Morgan fingerprint density at radius 3 is 2.61 bits per heavy atom. The minimum Gasteiger partial charge on any atom is -0.351 e. The Balaban J connectivity index is 1.57. The van der Waals surface area contributed by atoms with Gasteiger partial charge in [0.05, 0.1) is 11.4 Å². The highest BCUT2D eigenvalue weighted by molar-refractivity contribution is 7.13. The summed E-state index contributed by atoms with van der Waals surface area (Å²) in [4.78, 5) is 30.0. The van der Waals surface area contributed by atoms with Gasteiger partial charge in [-0.05, 0) is 56.3 Å². The number of amides is 2. The first-order valence-electron chi connectivity index (χ1n) is 10.8. The van der Waals surface area contributed by atoms with E-state index in [1.165, 1.54) is 0 Å². The Morgan fingerprint density at radius 1 is 1.19 bits per heavy atom. The maximum atomic E-state index is 13.7. The van der Waals surface area contributed by atoms with Gasteiger partial charge < -0.3 is 5.32 Å². The third-order valence-electron chi connectivity index (χ3n) is 6.40. The summed E-state index contributed by atoms with van der Waals surface area (Å²) in [6.45, 7) is 4.17. The summed E-state index contributed by atoms with van der Waals surface area (Å²) in [5, 5.41) is 9.90. The second-order valence-corrected chi connectivity index (χ2v) is 9.70. The quantitative estimate of drug-likeness (QED) is 0.662. The molecule has 5 rings (SSSR count). The van der Waals surface area contributed by atoms with E-state index < -0.39 is 5.54 Å². The molecule has 6 nitrogen and oxygen atoms in total. The van der Waals surface area contributed by atoms with Crippen LogP contribution in [-0.4, -0.2) is 33.2 Å². The van der Waals surface area contributed by atoms with Crippen LogP contribution in [0.2, 0.25) is 0 Å². The molecule has 0 spiro atoms. The van der Waals surface area contributed by atoms with E-state index in [4.69, 9.17) is 5.10 Å². The van der Waals surface area contributed by atoms with Crippen LogP contribution in [0.5, 0.6) is 0 Å². The lowest BCUT2D eigenvalue weighted by atomic mass is 9.93. The summed E-state index contributed by atoms with van der Waals surface area (Å²) in [5.41, 5.74) is 2.04. The number of hydrogen-bond donors (Lipinski definition) is 1. The van der Waals surface area contributed by atoms with Crippen LogP contribution in [0.3, 0.4) is 0 Å². The molecule has 1 atom stereocenters.